The van der Waals surface area contributed by atoms with Gasteiger partial charge in [-0.25, -0.2) is 0 Å². The zero-order valence-electron chi connectivity index (χ0n) is 20.8. The van der Waals surface area contributed by atoms with Gasteiger partial charge in [-0.2, -0.15) is 0 Å². The molecule has 188 valence electrons. The zero-order valence-corrected chi connectivity index (χ0v) is 20.8. The first-order chi connectivity index (χ1) is 17.5. The average molecular weight is 491 g/mol. The monoisotopic (exact) mass is 490 g/mol. The highest BCUT2D eigenvalue weighted by molar-refractivity contribution is 6.06. The van der Waals surface area contributed by atoms with Crippen LogP contribution in [0.25, 0.3) is 6.08 Å². The molecule has 0 unspecified atom stereocenters. The van der Waals surface area contributed by atoms with Crippen molar-refractivity contribution in [2.24, 2.45) is 0 Å². The van der Waals surface area contributed by atoms with Crippen molar-refractivity contribution < 1.29 is 28.5 Å². The van der Waals surface area contributed by atoms with Gasteiger partial charge in [0.2, 0.25) is 5.91 Å². The number of rotatable bonds is 11. The van der Waals surface area contributed by atoms with Crippen LogP contribution in [0.3, 0.4) is 0 Å². The van der Waals surface area contributed by atoms with Gasteiger partial charge in [0.05, 0.1) is 39.3 Å². The van der Waals surface area contributed by atoms with Crippen LogP contribution in [0.4, 0.5) is 11.4 Å². The minimum atomic E-state index is -0.373. The lowest BCUT2D eigenvalue weighted by atomic mass is 10.1. The van der Waals surface area contributed by atoms with Crippen molar-refractivity contribution in [2.75, 3.05) is 38.6 Å². The molecule has 0 aliphatic rings. The summed E-state index contributed by atoms with van der Waals surface area (Å²) in [6.45, 7) is 2.62. The highest BCUT2D eigenvalue weighted by Gasteiger charge is 2.15. The molecule has 3 aromatic rings. The smallest absolute Gasteiger partial charge is 0.255 e. The summed E-state index contributed by atoms with van der Waals surface area (Å²) in [5.41, 5.74) is 2.08. The lowest BCUT2D eigenvalue weighted by molar-refractivity contribution is -0.111. The molecule has 0 atom stereocenters. The van der Waals surface area contributed by atoms with E-state index in [0.29, 0.717) is 46.5 Å². The van der Waals surface area contributed by atoms with Crippen LogP contribution in [-0.4, -0.2) is 39.8 Å². The summed E-state index contributed by atoms with van der Waals surface area (Å²) in [4.78, 5) is 25.2. The van der Waals surface area contributed by atoms with Crippen molar-refractivity contribution in [3.63, 3.8) is 0 Å². The predicted octanol–water partition coefficient (Wildman–Crippen LogP) is 5.41. The number of amides is 2. The van der Waals surface area contributed by atoms with Gasteiger partial charge in [-0.05, 0) is 42.3 Å². The Hall–Kier alpha value is -4.46. The number of anilines is 2. The van der Waals surface area contributed by atoms with E-state index in [1.165, 1.54) is 20.3 Å². The Balaban J connectivity index is 1.75. The molecule has 0 spiro atoms. The molecule has 0 aliphatic heterocycles. The van der Waals surface area contributed by atoms with Crippen LogP contribution >= 0.6 is 0 Å². The molecule has 0 aliphatic carbocycles. The molecular weight excluding hydrogens is 460 g/mol. The van der Waals surface area contributed by atoms with Crippen molar-refractivity contribution in [3.8, 4) is 23.0 Å². The number of carbonyl (C=O) groups is 2. The summed E-state index contributed by atoms with van der Waals surface area (Å²) in [5.74, 6) is 1.30. The Labute approximate surface area is 210 Å². The molecule has 0 heterocycles. The third-order valence-corrected chi connectivity index (χ3v) is 5.14. The topological polar surface area (TPSA) is 95.1 Å². The second-order valence-electron chi connectivity index (χ2n) is 7.65. The van der Waals surface area contributed by atoms with Gasteiger partial charge in [0, 0.05) is 23.8 Å². The molecule has 8 nitrogen and oxygen atoms in total. The van der Waals surface area contributed by atoms with E-state index in [1.54, 1.807) is 55.7 Å². The van der Waals surface area contributed by atoms with E-state index in [1.807, 2.05) is 25.1 Å². The van der Waals surface area contributed by atoms with Crippen LogP contribution in [0.1, 0.15) is 29.3 Å². The van der Waals surface area contributed by atoms with Gasteiger partial charge < -0.3 is 29.6 Å². The first-order valence-corrected chi connectivity index (χ1v) is 11.4. The molecule has 0 aromatic heterocycles. The number of ether oxygens (including phenoxy) is 4. The maximum absolute atomic E-state index is 12.6. The van der Waals surface area contributed by atoms with Gasteiger partial charge in [0.1, 0.15) is 11.5 Å². The fourth-order valence-corrected chi connectivity index (χ4v) is 3.34. The molecule has 2 N–H and O–H groups in total. The normalized spacial score (nSPS) is 10.6. The Bertz CT molecular complexity index is 1220. The highest BCUT2D eigenvalue weighted by Crippen LogP contribution is 2.37. The van der Waals surface area contributed by atoms with Gasteiger partial charge in [-0.3, -0.25) is 9.59 Å². The molecule has 3 aromatic carbocycles. The van der Waals surface area contributed by atoms with Crippen LogP contribution < -0.4 is 29.6 Å². The average Bonchev–Trinajstić information content (AvgIpc) is 2.91. The molecule has 0 bridgehead atoms. The number of benzene rings is 3. The Morgan fingerprint density at radius 1 is 0.778 bits per heavy atom. The number of hydrogen-bond donors (Lipinski definition) is 2. The molecule has 3 rings (SSSR count). The zero-order chi connectivity index (χ0) is 25.9. The van der Waals surface area contributed by atoms with E-state index in [-0.39, 0.29) is 11.8 Å². The van der Waals surface area contributed by atoms with Crippen LogP contribution in [0.15, 0.2) is 66.7 Å². The Morgan fingerprint density at radius 2 is 1.42 bits per heavy atom. The fourth-order valence-electron chi connectivity index (χ4n) is 3.34. The van der Waals surface area contributed by atoms with Gasteiger partial charge in [-0.1, -0.05) is 31.2 Å². The number of carbonyl (C=O) groups excluding carboxylic acids is 2. The van der Waals surface area contributed by atoms with Gasteiger partial charge in [0.15, 0.2) is 11.5 Å². The van der Waals surface area contributed by atoms with Gasteiger partial charge >= 0.3 is 0 Å². The third kappa shape index (κ3) is 6.79. The first-order valence-electron chi connectivity index (χ1n) is 11.4. The minimum absolute atomic E-state index is 0.294. The standard InChI is InChI=1S/C28H30N2O6/c1-5-15-36-23-13-11-19(16-26(23)35-4)12-14-27(31)29-21-17-25(34-3)22(18-24(21)33-2)30-28(32)20-9-7-6-8-10-20/h6-14,16-18H,5,15H2,1-4H3,(H,29,31)(H,30,32)/b14-12+. The summed E-state index contributed by atoms with van der Waals surface area (Å²) in [7, 11) is 4.53. The third-order valence-electron chi connectivity index (χ3n) is 5.14. The fraction of sp³-hybridized carbons (Fsp3) is 0.214. The van der Waals surface area contributed by atoms with Gasteiger partial charge in [-0.15, -0.1) is 0 Å². The summed E-state index contributed by atoms with van der Waals surface area (Å²) in [6.07, 6.45) is 3.96. The van der Waals surface area contributed by atoms with Crippen LogP contribution in [-0.2, 0) is 4.79 Å². The van der Waals surface area contributed by atoms with Crippen molar-refractivity contribution in [1.82, 2.24) is 0 Å². The SMILES string of the molecule is CCCOc1ccc(/C=C/C(=O)Nc2cc(OC)c(NC(=O)c3ccccc3)cc2OC)cc1OC. The number of nitrogens with one attached hydrogen (secondary N) is 2. The van der Waals surface area contributed by atoms with E-state index >= 15 is 0 Å². The first kappa shape index (κ1) is 26.2. The lowest BCUT2D eigenvalue weighted by Crippen LogP contribution is -2.14. The molecule has 36 heavy (non-hydrogen) atoms. The molecule has 8 heteroatoms. The summed E-state index contributed by atoms with van der Waals surface area (Å²) in [6, 6.07) is 17.4. The van der Waals surface area contributed by atoms with E-state index < -0.39 is 0 Å². The van der Waals surface area contributed by atoms with Crippen LogP contribution in [0, 0.1) is 0 Å². The van der Waals surface area contributed by atoms with E-state index in [4.69, 9.17) is 18.9 Å². The van der Waals surface area contributed by atoms with E-state index in [2.05, 4.69) is 10.6 Å². The second kappa shape index (κ2) is 12.9. The minimum Gasteiger partial charge on any atom is -0.494 e. The lowest BCUT2D eigenvalue weighted by Gasteiger charge is -2.16. The molecule has 0 saturated heterocycles. The second-order valence-corrected chi connectivity index (χ2v) is 7.65. The van der Waals surface area contributed by atoms with Crippen LogP contribution in [0.5, 0.6) is 23.0 Å². The van der Waals surface area contributed by atoms with Crippen molar-refractivity contribution in [1.29, 1.82) is 0 Å². The summed E-state index contributed by atoms with van der Waals surface area (Å²) < 4.78 is 21.9. The van der Waals surface area contributed by atoms with E-state index in [9.17, 15) is 9.59 Å². The Kier molecular flexibility index (Phi) is 9.33. The van der Waals surface area contributed by atoms with Crippen LogP contribution in [0.2, 0.25) is 0 Å². The molecule has 0 radical (unpaired) electrons. The van der Waals surface area contributed by atoms with Crippen molar-refractivity contribution >= 4 is 29.3 Å². The molecule has 2 amide bonds. The number of methoxy groups -OCH3 is 3. The quantitative estimate of drug-likeness (QED) is 0.349. The van der Waals surface area contributed by atoms with E-state index in [0.717, 1.165) is 12.0 Å². The molecule has 0 fully saturated rings. The largest absolute Gasteiger partial charge is 0.494 e. The number of hydrogen-bond acceptors (Lipinski definition) is 6. The highest BCUT2D eigenvalue weighted by atomic mass is 16.5. The van der Waals surface area contributed by atoms with Gasteiger partial charge in [0.25, 0.3) is 5.91 Å². The Morgan fingerprint density at radius 3 is 2.03 bits per heavy atom. The van der Waals surface area contributed by atoms with Crippen molar-refractivity contribution in [2.45, 2.75) is 13.3 Å². The van der Waals surface area contributed by atoms with Crippen molar-refractivity contribution in [3.05, 3.63) is 77.9 Å². The molecule has 0 saturated carbocycles. The summed E-state index contributed by atoms with van der Waals surface area (Å²) in [5, 5.41) is 5.60. The molecular formula is C28H30N2O6. The maximum atomic E-state index is 12.6. The summed E-state index contributed by atoms with van der Waals surface area (Å²) >= 11 is 0. The maximum Gasteiger partial charge on any atom is 0.255 e. The predicted molar refractivity (Wildman–Crippen MR) is 140 cm³/mol.